The molecule has 1 saturated heterocycles. The number of nitrogens with one attached hydrogen (secondary N) is 1. The summed E-state index contributed by atoms with van der Waals surface area (Å²) in [7, 11) is 0. The highest BCUT2D eigenvalue weighted by molar-refractivity contribution is 7.80. The van der Waals surface area contributed by atoms with Crippen LogP contribution in [0.15, 0.2) is 24.4 Å². The summed E-state index contributed by atoms with van der Waals surface area (Å²) in [6, 6.07) is 4.81. The minimum atomic E-state index is -5.08. The average Bonchev–Trinajstić information content (AvgIpc) is 2.72. The molecule has 192 valence electrons. The van der Waals surface area contributed by atoms with E-state index in [4.69, 9.17) is 33.7 Å². The number of thiocarbonyl (C=S) groups is 1. The zero-order chi connectivity index (χ0) is 26.6. The lowest BCUT2D eigenvalue weighted by molar-refractivity contribution is -0.192. The molecular weight excluding hydrogens is 524 g/mol. The highest BCUT2D eigenvalue weighted by atomic mass is 35.5. The molecule has 0 saturated carbocycles. The topological polar surface area (TPSA) is 81.6 Å². The Morgan fingerprint density at radius 3 is 2.11 bits per heavy atom. The van der Waals surface area contributed by atoms with Crippen molar-refractivity contribution in [2.45, 2.75) is 26.2 Å². The van der Waals surface area contributed by atoms with Gasteiger partial charge >= 0.3 is 18.3 Å². The second-order valence-corrected chi connectivity index (χ2v) is 8.20. The van der Waals surface area contributed by atoms with Crippen LogP contribution in [0.3, 0.4) is 0 Å². The van der Waals surface area contributed by atoms with Gasteiger partial charge in [0.1, 0.15) is 11.6 Å². The van der Waals surface area contributed by atoms with Crippen molar-refractivity contribution < 1.29 is 36.2 Å². The third-order valence-corrected chi connectivity index (χ3v) is 5.23. The van der Waals surface area contributed by atoms with Crippen LogP contribution in [0.4, 0.5) is 38.0 Å². The first kappa shape index (κ1) is 28.4. The van der Waals surface area contributed by atoms with Crippen molar-refractivity contribution in [3.8, 4) is 0 Å². The van der Waals surface area contributed by atoms with Crippen LogP contribution in [-0.2, 0) is 11.0 Å². The fourth-order valence-corrected chi connectivity index (χ4v) is 3.61. The molecule has 2 aromatic heterocycles. The lowest BCUT2D eigenvalue weighted by atomic mass is 10.2. The standard InChI is InChI=1S/C18H19ClF3N5S.C2HF3O2/c1-11-7-12(2)24-15(8-11)25-17(28)27-5-3-26(4-6-27)16-14(19)9-13(10-23-16)18(20,21)22;3-2(4,5)1(6)7/h7-10H,3-6H2,1-2H3,(H,24,25,28);(H,6,7). The Hall–Kier alpha value is -2.87. The van der Waals surface area contributed by atoms with Crippen molar-refractivity contribution in [2.24, 2.45) is 0 Å². The Bertz CT molecular complexity index is 1050. The van der Waals surface area contributed by atoms with Gasteiger partial charge in [0, 0.05) is 38.1 Å². The number of carboxylic acid groups (broad SMARTS) is 1. The van der Waals surface area contributed by atoms with Crippen LogP contribution in [0, 0.1) is 13.8 Å². The van der Waals surface area contributed by atoms with Crippen molar-refractivity contribution >= 4 is 46.5 Å². The number of carboxylic acids is 1. The van der Waals surface area contributed by atoms with Gasteiger partial charge in [-0.1, -0.05) is 11.6 Å². The monoisotopic (exact) mass is 543 g/mol. The number of halogens is 7. The number of alkyl halides is 6. The van der Waals surface area contributed by atoms with Crippen molar-refractivity contribution in [2.75, 3.05) is 36.4 Å². The summed E-state index contributed by atoms with van der Waals surface area (Å²) >= 11 is 11.5. The molecule has 2 N–H and O–H groups in total. The zero-order valence-electron chi connectivity index (χ0n) is 18.3. The highest BCUT2D eigenvalue weighted by Gasteiger charge is 2.38. The third kappa shape index (κ3) is 8.38. The second-order valence-electron chi connectivity index (χ2n) is 7.41. The highest BCUT2D eigenvalue weighted by Crippen LogP contribution is 2.33. The number of aryl methyl sites for hydroxylation is 2. The maximum atomic E-state index is 12.8. The van der Waals surface area contributed by atoms with E-state index in [0.29, 0.717) is 42.9 Å². The molecule has 2 aromatic rings. The van der Waals surface area contributed by atoms with Gasteiger partial charge in [-0.15, -0.1) is 0 Å². The molecule has 0 radical (unpaired) electrons. The quantitative estimate of drug-likeness (QED) is 0.408. The number of anilines is 2. The van der Waals surface area contributed by atoms with Gasteiger partial charge in [0.2, 0.25) is 0 Å². The maximum Gasteiger partial charge on any atom is 0.490 e. The van der Waals surface area contributed by atoms with Gasteiger partial charge in [-0.3, -0.25) is 0 Å². The second kappa shape index (κ2) is 11.2. The van der Waals surface area contributed by atoms with E-state index in [-0.39, 0.29) is 5.02 Å². The number of pyridine rings is 2. The Morgan fingerprint density at radius 1 is 1.09 bits per heavy atom. The van der Waals surface area contributed by atoms with Crippen LogP contribution in [0.2, 0.25) is 5.02 Å². The van der Waals surface area contributed by atoms with Gasteiger partial charge in [0.25, 0.3) is 0 Å². The largest absolute Gasteiger partial charge is 0.490 e. The first-order chi connectivity index (χ1) is 16.1. The van der Waals surface area contributed by atoms with Crippen molar-refractivity contribution in [1.29, 1.82) is 0 Å². The number of rotatable bonds is 2. The lowest BCUT2D eigenvalue weighted by Crippen LogP contribution is -2.50. The molecule has 0 bridgehead atoms. The summed E-state index contributed by atoms with van der Waals surface area (Å²) < 4.78 is 70.0. The van der Waals surface area contributed by atoms with E-state index in [2.05, 4.69) is 15.3 Å². The van der Waals surface area contributed by atoms with Crippen LogP contribution in [0.5, 0.6) is 0 Å². The van der Waals surface area contributed by atoms with Gasteiger partial charge < -0.3 is 20.2 Å². The lowest BCUT2D eigenvalue weighted by Gasteiger charge is -2.37. The fourth-order valence-electron chi connectivity index (χ4n) is 3.03. The maximum absolute atomic E-state index is 12.8. The number of aliphatic carboxylic acids is 1. The zero-order valence-corrected chi connectivity index (χ0v) is 19.9. The van der Waals surface area contributed by atoms with Crippen molar-refractivity contribution in [3.63, 3.8) is 0 Å². The minimum absolute atomic E-state index is 0.0107. The van der Waals surface area contributed by atoms with Crippen LogP contribution in [0.1, 0.15) is 16.8 Å². The molecule has 0 aliphatic carbocycles. The third-order valence-electron chi connectivity index (χ3n) is 4.59. The molecule has 1 aliphatic heterocycles. The predicted molar refractivity (Wildman–Crippen MR) is 122 cm³/mol. The molecule has 15 heteroatoms. The number of hydrogen-bond acceptors (Lipinski definition) is 5. The van der Waals surface area contributed by atoms with E-state index in [1.165, 1.54) is 0 Å². The minimum Gasteiger partial charge on any atom is -0.475 e. The van der Waals surface area contributed by atoms with Crippen LogP contribution in [-0.4, -0.2) is 63.4 Å². The Labute approximate surface area is 206 Å². The molecule has 3 heterocycles. The molecular formula is C20H20ClF6N5O2S. The predicted octanol–water partition coefficient (Wildman–Crippen LogP) is 4.92. The summed E-state index contributed by atoms with van der Waals surface area (Å²) in [6.07, 6.45) is -8.74. The van der Waals surface area contributed by atoms with E-state index < -0.39 is 23.9 Å². The van der Waals surface area contributed by atoms with Gasteiger partial charge in [-0.05, 0) is 49.8 Å². The molecule has 0 atom stereocenters. The number of aromatic nitrogens is 2. The molecule has 0 amide bonds. The SMILES string of the molecule is Cc1cc(C)nc(NC(=S)N2CCN(c3ncc(C(F)(F)F)cc3Cl)CC2)c1.O=C(O)C(F)(F)F. The Kier molecular flexibility index (Phi) is 9.11. The van der Waals surface area contributed by atoms with Crippen LogP contribution < -0.4 is 10.2 Å². The number of hydrogen-bond donors (Lipinski definition) is 2. The molecule has 3 rings (SSSR count). The van der Waals surface area contributed by atoms with Crippen molar-refractivity contribution in [3.05, 3.63) is 46.2 Å². The van der Waals surface area contributed by atoms with E-state index in [0.717, 1.165) is 23.5 Å². The summed E-state index contributed by atoms with van der Waals surface area (Å²) in [6.45, 7) is 6.18. The molecule has 7 nitrogen and oxygen atoms in total. The molecule has 0 unspecified atom stereocenters. The first-order valence-electron chi connectivity index (χ1n) is 9.87. The number of carbonyl (C=O) groups is 1. The summed E-state index contributed by atoms with van der Waals surface area (Å²) in [5, 5.41) is 10.8. The number of nitrogens with zero attached hydrogens (tertiary/aromatic N) is 4. The summed E-state index contributed by atoms with van der Waals surface area (Å²) in [4.78, 5) is 21.1. The van der Waals surface area contributed by atoms with E-state index in [1.54, 1.807) is 0 Å². The Morgan fingerprint density at radius 2 is 1.66 bits per heavy atom. The molecule has 0 spiro atoms. The van der Waals surface area contributed by atoms with E-state index >= 15 is 0 Å². The van der Waals surface area contributed by atoms with Crippen LogP contribution in [0.25, 0.3) is 0 Å². The van der Waals surface area contributed by atoms with Gasteiger partial charge in [0.05, 0.1) is 10.6 Å². The van der Waals surface area contributed by atoms with Crippen molar-refractivity contribution in [1.82, 2.24) is 14.9 Å². The van der Waals surface area contributed by atoms with Gasteiger partial charge in [-0.2, -0.15) is 26.3 Å². The first-order valence-corrected chi connectivity index (χ1v) is 10.7. The average molecular weight is 544 g/mol. The smallest absolute Gasteiger partial charge is 0.475 e. The molecule has 1 fully saturated rings. The normalized spacial score (nSPS) is 14.2. The van der Waals surface area contributed by atoms with Gasteiger partial charge in [0.15, 0.2) is 5.11 Å². The fraction of sp³-hybridized carbons (Fsp3) is 0.400. The molecule has 0 aromatic carbocycles. The molecule has 35 heavy (non-hydrogen) atoms. The Balaban J connectivity index is 0.000000540. The summed E-state index contributed by atoms with van der Waals surface area (Å²) in [5.74, 6) is -1.71. The van der Waals surface area contributed by atoms with E-state index in [9.17, 15) is 26.3 Å². The van der Waals surface area contributed by atoms with E-state index in [1.807, 2.05) is 35.8 Å². The number of piperazine rings is 1. The molecule has 1 aliphatic rings. The van der Waals surface area contributed by atoms with Crippen LogP contribution >= 0.6 is 23.8 Å². The van der Waals surface area contributed by atoms with Gasteiger partial charge in [-0.25, -0.2) is 14.8 Å². The summed E-state index contributed by atoms with van der Waals surface area (Å²) in [5.41, 5.74) is 1.13.